The van der Waals surface area contributed by atoms with Crippen LogP contribution in [0.25, 0.3) is 0 Å². The van der Waals surface area contributed by atoms with E-state index in [-0.39, 0.29) is 24.2 Å². The van der Waals surface area contributed by atoms with Crippen molar-refractivity contribution in [2.24, 2.45) is 50.2 Å². The van der Waals surface area contributed by atoms with Crippen LogP contribution >= 0.6 is 0 Å². The van der Waals surface area contributed by atoms with E-state index in [0.717, 1.165) is 5.57 Å². The number of rotatable bonds is 14. The fraction of sp³-hybridized carbons (Fsp3) is 0.915. The zero-order valence-corrected chi connectivity index (χ0v) is 50.6. The highest BCUT2D eigenvalue weighted by atomic mass is 16.8. The second-order valence-corrected chi connectivity index (χ2v) is 28.7. The first-order valence-electron chi connectivity index (χ1n) is 30.7. The predicted octanol–water partition coefficient (Wildman–Crippen LogP) is -3.39. The van der Waals surface area contributed by atoms with Crippen molar-refractivity contribution in [1.82, 2.24) is 0 Å². The fourth-order valence-corrected chi connectivity index (χ4v) is 17.6. The van der Waals surface area contributed by atoms with Crippen LogP contribution in [0.15, 0.2) is 11.6 Å². The third-order valence-electron chi connectivity index (χ3n) is 23.2. The Bertz CT molecular complexity index is 2590. The van der Waals surface area contributed by atoms with Gasteiger partial charge in [0.15, 0.2) is 37.4 Å². The lowest BCUT2D eigenvalue weighted by molar-refractivity contribution is -0.386. The number of hydrogen-bond donors (Lipinski definition) is 16. The summed E-state index contributed by atoms with van der Waals surface area (Å²) in [5.74, 6) is -5.14. The minimum Gasteiger partial charge on any atom is -0.481 e. The van der Waals surface area contributed by atoms with Crippen LogP contribution in [-0.2, 0) is 61.8 Å². The molecule has 0 amide bonds. The van der Waals surface area contributed by atoms with E-state index in [1.54, 1.807) is 0 Å². The molecule has 0 aromatic carbocycles. The van der Waals surface area contributed by atoms with Crippen LogP contribution in [0.2, 0.25) is 0 Å². The van der Waals surface area contributed by atoms with Crippen molar-refractivity contribution < 1.29 is 143 Å². The van der Waals surface area contributed by atoms with Crippen molar-refractivity contribution in [3.05, 3.63) is 11.6 Å². The van der Waals surface area contributed by atoms with Gasteiger partial charge in [-0.05, 0) is 118 Å². The number of aliphatic hydroxyl groups is 14. The van der Waals surface area contributed by atoms with Crippen LogP contribution in [0.3, 0.4) is 0 Å². The standard InChI is InChI=1S/C59H92O29/c1-22-30(63)39(83-46-36(69)33(66)32(65)27(19-60)82-46)38(71)48(80-22)86-42-40(84-50-43(72)59(78,20-61)21-79-50)31(64)23(2)81-49(42)88-52(77)58-15-13-53(3,4)17-25(58)24-9-10-28-54(5)18-26(62)44(87-47-37(70)34(67)35(68)41(85-47)45(73)74)57(8,51(75)76)29(54)11-12-56(28,7)55(24,6)14-16-58/h9,22-23,25-44,46-50,60-72,78H,10-21H2,1-8H3,(H,73,74)(H,75,76). The molecule has 10 aliphatic rings. The van der Waals surface area contributed by atoms with Gasteiger partial charge in [-0.2, -0.15) is 0 Å². The lowest BCUT2D eigenvalue weighted by Gasteiger charge is -2.71. The van der Waals surface area contributed by atoms with Crippen molar-refractivity contribution in [2.75, 3.05) is 19.8 Å². The van der Waals surface area contributed by atoms with Gasteiger partial charge in [0.25, 0.3) is 0 Å². The van der Waals surface area contributed by atoms with Gasteiger partial charge in [0.1, 0.15) is 91.1 Å². The van der Waals surface area contributed by atoms with E-state index in [1.165, 1.54) is 20.8 Å². The summed E-state index contributed by atoms with van der Waals surface area (Å²) in [7, 11) is 0. The number of carbonyl (C=O) groups excluding carboxylic acids is 1. The average molecular weight is 1270 g/mol. The highest BCUT2D eigenvalue weighted by molar-refractivity contribution is 5.79. The lowest BCUT2D eigenvalue weighted by atomic mass is 9.33. The van der Waals surface area contributed by atoms with E-state index >= 15 is 4.79 Å². The molecule has 5 heterocycles. The number of allylic oxidation sites excluding steroid dienone is 2. The smallest absolute Gasteiger partial charge is 0.335 e. The molecule has 5 aliphatic carbocycles. The molecule has 0 radical (unpaired) electrons. The number of esters is 1. The molecule has 502 valence electrons. The average Bonchev–Trinajstić information content (AvgIpc) is 0.761. The summed E-state index contributed by atoms with van der Waals surface area (Å²) in [5.41, 5.74) is -6.81. The van der Waals surface area contributed by atoms with Gasteiger partial charge in [-0.3, -0.25) is 9.59 Å². The Labute approximate surface area is 507 Å². The molecule has 16 N–H and O–H groups in total. The number of ether oxygens (including phenoxy) is 10. The molecule has 0 aromatic rings. The Morgan fingerprint density at radius 2 is 1.18 bits per heavy atom. The summed E-state index contributed by atoms with van der Waals surface area (Å²) < 4.78 is 60.1. The van der Waals surface area contributed by atoms with Crippen LogP contribution in [0.4, 0.5) is 0 Å². The SMILES string of the molecule is CC1OC(OC2C(OC(=O)C34CCC(C)(C)CC3C3=CCC5C6(C)CC(O)C(OC7OC(C(=O)O)C(O)C(O)C7O)C(C)(C(=O)O)C6CCC5(C)C3(C)CC4)OC(C)C(O)C2OC2OCC(O)(CO)C2O)C(O)C(OC2OC(CO)C(O)C(O)C2O)C1O. The number of aliphatic hydroxyl groups excluding tert-OH is 13. The van der Waals surface area contributed by atoms with E-state index in [9.17, 15) is 91.3 Å². The van der Waals surface area contributed by atoms with Crippen molar-refractivity contribution in [2.45, 2.75) is 266 Å². The molecule has 0 bridgehead atoms. The maximum absolute atomic E-state index is 15.9. The molecule has 29 nitrogen and oxygen atoms in total. The maximum atomic E-state index is 15.9. The predicted molar refractivity (Wildman–Crippen MR) is 291 cm³/mol. The van der Waals surface area contributed by atoms with Crippen LogP contribution in [0, 0.1) is 50.2 Å². The summed E-state index contributed by atoms with van der Waals surface area (Å²) in [6, 6.07) is 0. The highest BCUT2D eigenvalue weighted by Crippen LogP contribution is 2.76. The number of hydrogen-bond acceptors (Lipinski definition) is 27. The molecule has 88 heavy (non-hydrogen) atoms. The Kier molecular flexibility index (Phi) is 18.7. The largest absolute Gasteiger partial charge is 0.481 e. The molecule has 0 aromatic heterocycles. The first-order chi connectivity index (χ1) is 41.0. The van der Waals surface area contributed by atoms with Crippen molar-refractivity contribution in [3.63, 3.8) is 0 Å². The summed E-state index contributed by atoms with van der Waals surface area (Å²) in [5, 5.41) is 174. The minimum absolute atomic E-state index is 0.0126. The maximum Gasteiger partial charge on any atom is 0.335 e. The number of aliphatic carboxylic acids is 2. The lowest BCUT2D eigenvalue weighted by Crippen LogP contribution is -2.70. The Morgan fingerprint density at radius 3 is 1.80 bits per heavy atom. The Balaban J connectivity index is 0.956. The highest BCUT2D eigenvalue weighted by Gasteiger charge is 2.73. The van der Waals surface area contributed by atoms with E-state index in [1.807, 2.05) is 6.92 Å². The second kappa shape index (κ2) is 24.2. The molecule has 5 aliphatic heterocycles. The van der Waals surface area contributed by atoms with Crippen molar-refractivity contribution in [1.29, 1.82) is 0 Å². The Hall–Kier alpha value is -2.77. The van der Waals surface area contributed by atoms with Gasteiger partial charge in [-0.1, -0.05) is 46.3 Å². The molecule has 9 fully saturated rings. The number of carbonyl (C=O) groups is 3. The van der Waals surface area contributed by atoms with Crippen LogP contribution in [0.1, 0.15) is 113 Å². The molecule has 33 unspecified atom stereocenters. The summed E-state index contributed by atoms with van der Waals surface area (Å²) in [4.78, 5) is 41.7. The third kappa shape index (κ3) is 10.8. The van der Waals surface area contributed by atoms with Gasteiger partial charge in [0.2, 0.25) is 6.29 Å². The summed E-state index contributed by atoms with van der Waals surface area (Å²) in [6.45, 7) is 12.4. The minimum atomic E-state index is -2.21. The normalized spacial score (nSPS) is 54.4. The summed E-state index contributed by atoms with van der Waals surface area (Å²) >= 11 is 0. The molecule has 0 spiro atoms. The molecule has 5 saturated heterocycles. The fourth-order valence-electron chi connectivity index (χ4n) is 17.6. The zero-order valence-electron chi connectivity index (χ0n) is 50.6. The number of fused-ring (bicyclic) bond motifs is 7. The first kappa shape index (κ1) is 68.1. The topological polar surface area (TPSA) is 467 Å². The molecule has 29 heteroatoms. The molecule has 33 atom stereocenters. The van der Waals surface area contributed by atoms with Gasteiger partial charge in [-0.15, -0.1) is 0 Å². The van der Waals surface area contributed by atoms with E-state index in [4.69, 9.17) is 47.4 Å². The van der Waals surface area contributed by atoms with Crippen LogP contribution < -0.4 is 0 Å². The molecule has 10 rings (SSSR count). The monoisotopic (exact) mass is 1260 g/mol. The van der Waals surface area contributed by atoms with Gasteiger partial charge in [0.05, 0.1) is 49.0 Å². The van der Waals surface area contributed by atoms with E-state index in [0.29, 0.717) is 44.9 Å². The molecular formula is C59H92O29. The van der Waals surface area contributed by atoms with Crippen molar-refractivity contribution >= 4 is 17.9 Å². The Morgan fingerprint density at radius 1 is 0.602 bits per heavy atom. The third-order valence-corrected chi connectivity index (χ3v) is 23.2. The van der Waals surface area contributed by atoms with Crippen LogP contribution in [0.5, 0.6) is 0 Å². The van der Waals surface area contributed by atoms with Gasteiger partial charge >= 0.3 is 17.9 Å². The van der Waals surface area contributed by atoms with Gasteiger partial charge in [-0.25, -0.2) is 4.79 Å². The zero-order chi connectivity index (χ0) is 64.7. The summed E-state index contributed by atoms with van der Waals surface area (Å²) in [6.07, 6.45) is -37.3. The molecular weight excluding hydrogens is 1170 g/mol. The van der Waals surface area contributed by atoms with Crippen molar-refractivity contribution in [3.8, 4) is 0 Å². The van der Waals surface area contributed by atoms with Crippen LogP contribution in [-0.4, -0.2) is 272 Å². The first-order valence-corrected chi connectivity index (χ1v) is 30.7. The molecule has 4 saturated carbocycles. The second-order valence-electron chi connectivity index (χ2n) is 28.7. The van der Waals surface area contributed by atoms with Gasteiger partial charge in [0, 0.05) is 0 Å². The van der Waals surface area contributed by atoms with E-state index < -0.39 is 230 Å². The quantitative estimate of drug-likeness (QED) is 0.0458. The van der Waals surface area contributed by atoms with Gasteiger partial charge < -0.3 is 129 Å². The number of carboxylic acid groups (broad SMARTS) is 2. The number of carboxylic acids is 2. The van der Waals surface area contributed by atoms with E-state index in [2.05, 4.69) is 33.8 Å².